The van der Waals surface area contributed by atoms with E-state index >= 15 is 0 Å². The molecule has 1 saturated heterocycles. The number of nitrogens with one attached hydrogen (secondary N) is 1. The molecule has 0 aromatic carbocycles. The first kappa shape index (κ1) is 13.4. The third-order valence-corrected chi connectivity index (χ3v) is 4.21. The van der Waals surface area contributed by atoms with Crippen LogP contribution in [0.15, 0.2) is 0 Å². The van der Waals surface area contributed by atoms with Gasteiger partial charge in [-0.15, -0.1) is 0 Å². The predicted octanol–water partition coefficient (Wildman–Crippen LogP) is 1.69. The highest BCUT2D eigenvalue weighted by Crippen LogP contribution is 2.37. The van der Waals surface area contributed by atoms with Crippen LogP contribution in [0.25, 0.3) is 0 Å². The average molecular weight is 252 g/mol. The van der Waals surface area contributed by atoms with Crippen molar-refractivity contribution in [2.24, 2.45) is 5.92 Å². The van der Waals surface area contributed by atoms with Crippen molar-refractivity contribution in [2.45, 2.75) is 71.0 Å². The minimum absolute atomic E-state index is 0.0306. The molecule has 1 aliphatic heterocycles. The maximum Gasteiger partial charge on any atom is 0.246 e. The van der Waals surface area contributed by atoms with Crippen molar-refractivity contribution in [3.8, 4) is 0 Å². The fourth-order valence-electron chi connectivity index (χ4n) is 2.95. The lowest BCUT2D eigenvalue weighted by atomic mass is 9.98. The van der Waals surface area contributed by atoms with E-state index < -0.39 is 0 Å². The Morgan fingerprint density at radius 3 is 2.50 bits per heavy atom. The van der Waals surface area contributed by atoms with Gasteiger partial charge >= 0.3 is 0 Å². The van der Waals surface area contributed by atoms with Gasteiger partial charge in [0.15, 0.2) is 0 Å². The Labute approximate surface area is 109 Å². The smallest absolute Gasteiger partial charge is 0.246 e. The first-order valence-corrected chi connectivity index (χ1v) is 7.22. The van der Waals surface area contributed by atoms with Crippen LogP contribution < -0.4 is 5.32 Å². The molecule has 3 unspecified atom stereocenters. The zero-order valence-electron chi connectivity index (χ0n) is 11.6. The highest BCUT2D eigenvalue weighted by atomic mass is 16.2. The summed E-state index contributed by atoms with van der Waals surface area (Å²) in [7, 11) is 0. The van der Waals surface area contributed by atoms with Gasteiger partial charge in [0.05, 0.1) is 0 Å². The van der Waals surface area contributed by atoms with Crippen molar-refractivity contribution in [1.29, 1.82) is 0 Å². The third-order valence-electron chi connectivity index (χ3n) is 4.21. The Kier molecular flexibility index (Phi) is 3.93. The zero-order chi connectivity index (χ0) is 13.3. The first-order valence-electron chi connectivity index (χ1n) is 7.22. The van der Waals surface area contributed by atoms with Gasteiger partial charge in [-0.2, -0.15) is 0 Å². The second-order valence-corrected chi connectivity index (χ2v) is 5.60. The number of amides is 2. The van der Waals surface area contributed by atoms with Crippen LogP contribution in [0.5, 0.6) is 0 Å². The number of carbonyl (C=O) groups excluding carboxylic acids is 2. The maximum absolute atomic E-state index is 12.5. The summed E-state index contributed by atoms with van der Waals surface area (Å²) in [6.07, 6.45) is 4.75. The molecule has 2 amide bonds. The zero-order valence-corrected chi connectivity index (χ0v) is 11.6. The molecule has 1 saturated carbocycles. The number of hydrogen-bond donors (Lipinski definition) is 1. The van der Waals surface area contributed by atoms with E-state index in [-0.39, 0.29) is 29.9 Å². The van der Waals surface area contributed by atoms with Gasteiger partial charge in [-0.05, 0) is 38.5 Å². The molecule has 0 radical (unpaired) electrons. The van der Waals surface area contributed by atoms with Crippen LogP contribution in [0, 0.1) is 5.92 Å². The Morgan fingerprint density at radius 1 is 1.33 bits per heavy atom. The van der Waals surface area contributed by atoms with Crippen LogP contribution in [-0.4, -0.2) is 34.8 Å². The van der Waals surface area contributed by atoms with Crippen LogP contribution >= 0.6 is 0 Å². The quantitative estimate of drug-likeness (QED) is 0.809. The van der Waals surface area contributed by atoms with Crippen LogP contribution in [0.1, 0.15) is 52.9 Å². The number of piperazine rings is 1. The monoisotopic (exact) mass is 252 g/mol. The summed E-state index contributed by atoms with van der Waals surface area (Å²) in [5.74, 6) is 0.766. The SMILES string of the molecule is CCCC1NC(=O)C(CC)N(C(C)C2CC2)C1=O. The molecule has 0 aromatic rings. The largest absolute Gasteiger partial charge is 0.343 e. The first-order chi connectivity index (χ1) is 8.60. The van der Waals surface area contributed by atoms with Gasteiger partial charge in [-0.3, -0.25) is 9.59 Å². The molecular formula is C14H24N2O2. The second-order valence-electron chi connectivity index (χ2n) is 5.60. The van der Waals surface area contributed by atoms with Gasteiger partial charge in [0.1, 0.15) is 12.1 Å². The second kappa shape index (κ2) is 5.29. The summed E-state index contributed by atoms with van der Waals surface area (Å²) in [5.41, 5.74) is 0. The van der Waals surface area contributed by atoms with E-state index in [2.05, 4.69) is 12.2 Å². The van der Waals surface area contributed by atoms with Crippen molar-refractivity contribution in [3.05, 3.63) is 0 Å². The highest BCUT2D eigenvalue weighted by Gasteiger charge is 2.45. The van der Waals surface area contributed by atoms with Crippen molar-refractivity contribution in [1.82, 2.24) is 10.2 Å². The van der Waals surface area contributed by atoms with Crippen molar-refractivity contribution < 1.29 is 9.59 Å². The molecule has 1 heterocycles. The number of hydrogen-bond acceptors (Lipinski definition) is 2. The summed E-state index contributed by atoms with van der Waals surface area (Å²) in [6.45, 7) is 6.12. The van der Waals surface area contributed by atoms with Crippen LogP contribution in [0.4, 0.5) is 0 Å². The lowest BCUT2D eigenvalue weighted by Crippen LogP contribution is -2.65. The van der Waals surface area contributed by atoms with Crippen LogP contribution in [0.3, 0.4) is 0 Å². The number of nitrogens with zero attached hydrogens (tertiary/aromatic N) is 1. The molecule has 0 spiro atoms. The van der Waals surface area contributed by atoms with Crippen LogP contribution in [0.2, 0.25) is 0 Å². The van der Waals surface area contributed by atoms with Gasteiger partial charge in [0, 0.05) is 6.04 Å². The van der Waals surface area contributed by atoms with E-state index in [0.717, 1.165) is 12.8 Å². The van der Waals surface area contributed by atoms with Crippen molar-refractivity contribution in [2.75, 3.05) is 0 Å². The lowest BCUT2D eigenvalue weighted by Gasteiger charge is -2.42. The topological polar surface area (TPSA) is 49.4 Å². The van der Waals surface area contributed by atoms with E-state index in [9.17, 15) is 9.59 Å². The predicted molar refractivity (Wildman–Crippen MR) is 69.9 cm³/mol. The normalized spacial score (nSPS) is 30.3. The van der Waals surface area contributed by atoms with E-state index in [0.29, 0.717) is 12.3 Å². The molecule has 2 fully saturated rings. The Hall–Kier alpha value is -1.06. The molecule has 4 nitrogen and oxygen atoms in total. The minimum Gasteiger partial charge on any atom is -0.343 e. The molecule has 1 aliphatic carbocycles. The molecule has 2 aliphatic rings. The van der Waals surface area contributed by atoms with Gasteiger partial charge in [0.2, 0.25) is 11.8 Å². The van der Waals surface area contributed by atoms with Gasteiger partial charge in [0.25, 0.3) is 0 Å². The number of carbonyl (C=O) groups is 2. The standard InChI is InChI=1S/C14H24N2O2/c1-4-6-11-14(18)16(9(3)10-7-8-10)12(5-2)13(17)15-11/h9-12H,4-8H2,1-3H3,(H,15,17). The Balaban J connectivity index is 2.18. The van der Waals surface area contributed by atoms with Gasteiger partial charge < -0.3 is 10.2 Å². The molecule has 18 heavy (non-hydrogen) atoms. The van der Waals surface area contributed by atoms with Crippen LogP contribution in [-0.2, 0) is 9.59 Å². The molecule has 4 heteroatoms. The van der Waals surface area contributed by atoms with Gasteiger partial charge in [-0.25, -0.2) is 0 Å². The summed E-state index contributed by atoms with van der Waals surface area (Å²) in [4.78, 5) is 26.5. The fraction of sp³-hybridized carbons (Fsp3) is 0.857. The van der Waals surface area contributed by atoms with E-state index in [1.165, 1.54) is 12.8 Å². The van der Waals surface area contributed by atoms with Gasteiger partial charge in [-0.1, -0.05) is 20.3 Å². The molecule has 2 rings (SSSR count). The summed E-state index contributed by atoms with van der Waals surface area (Å²) in [5, 5.41) is 2.88. The van der Waals surface area contributed by atoms with Crippen molar-refractivity contribution >= 4 is 11.8 Å². The van der Waals surface area contributed by atoms with E-state index in [1.807, 2.05) is 18.7 Å². The molecule has 0 aromatic heterocycles. The summed E-state index contributed by atoms with van der Waals surface area (Å²) in [6, 6.07) is -0.347. The minimum atomic E-state index is -0.300. The maximum atomic E-state index is 12.5. The van der Waals surface area contributed by atoms with E-state index in [4.69, 9.17) is 0 Å². The molecular weight excluding hydrogens is 228 g/mol. The molecule has 0 bridgehead atoms. The van der Waals surface area contributed by atoms with Crippen molar-refractivity contribution in [3.63, 3.8) is 0 Å². The molecule has 102 valence electrons. The van der Waals surface area contributed by atoms with E-state index in [1.54, 1.807) is 0 Å². The fourth-order valence-corrected chi connectivity index (χ4v) is 2.95. The molecule has 3 atom stereocenters. The number of rotatable bonds is 5. The Morgan fingerprint density at radius 2 is 2.00 bits per heavy atom. The average Bonchev–Trinajstić information content (AvgIpc) is 3.16. The highest BCUT2D eigenvalue weighted by molar-refractivity contribution is 5.97. The summed E-state index contributed by atoms with van der Waals surface area (Å²) >= 11 is 0. The molecule has 1 N–H and O–H groups in total. The third kappa shape index (κ3) is 2.38. The lowest BCUT2D eigenvalue weighted by molar-refractivity contribution is -0.152. The Bertz CT molecular complexity index is 339. The summed E-state index contributed by atoms with van der Waals surface area (Å²) < 4.78 is 0.